The molecule has 2 rings (SSSR count). The van der Waals surface area contributed by atoms with E-state index >= 15 is 0 Å². The molecular formula is C16H22N2O6. The molecule has 132 valence electrons. The minimum absolute atomic E-state index is 0.00684. The Hall–Kier alpha value is -2.32. The van der Waals surface area contributed by atoms with Crippen LogP contribution in [0.25, 0.3) is 0 Å². The first kappa shape index (κ1) is 18.0. The largest absolute Gasteiger partial charge is 0.489 e. The molecule has 0 spiro atoms. The highest BCUT2D eigenvalue weighted by atomic mass is 16.5. The molecule has 1 saturated heterocycles. The number of rotatable bonds is 6. The Bertz CT molecular complexity index is 592. The average molecular weight is 338 g/mol. The molecule has 0 bridgehead atoms. The molecule has 2 amide bonds. The van der Waals surface area contributed by atoms with Gasteiger partial charge in [-0.2, -0.15) is 0 Å². The topological polar surface area (TPSA) is 97.3 Å². The Morgan fingerprint density at radius 3 is 2.92 bits per heavy atom. The highest BCUT2D eigenvalue weighted by Crippen LogP contribution is 2.26. The lowest BCUT2D eigenvalue weighted by atomic mass is 10.2. The molecule has 1 unspecified atom stereocenters. The molecule has 1 fully saturated rings. The van der Waals surface area contributed by atoms with Crippen LogP contribution in [0.15, 0.2) is 18.2 Å². The highest BCUT2D eigenvalue weighted by Gasteiger charge is 2.29. The Balaban J connectivity index is 2.03. The van der Waals surface area contributed by atoms with Gasteiger partial charge in [-0.3, -0.25) is 0 Å². The van der Waals surface area contributed by atoms with Gasteiger partial charge in [0.25, 0.3) is 0 Å². The summed E-state index contributed by atoms with van der Waals surface area (Å²) in [6.45, 7) is 3.25. The lowest BCUT2D eigenvalue weighted by molar-refractivity contribution is -0.154. The van der Waals surface area contributed by atoms with Crippen molar-refractivity contribution in [2.45, 2.75) is 13.0 Å². The standard InChI is InChI=1S/C16H22N2O6/c1-11-3-4-12(13(9-11)24-8-7-22-2)17-16(21)18-5-6-23-14(10-18)15(19)20/h3-4,9,14H,5-8,10H2,1-2H3,(H,17,21)(H,19,20). The molecule has 0 radical (unpaired) electrons. The van der Waals surface area contributed by atoms with Gasteiger partial charge in [0.05, 0.1) is 25.4 Å². The number of carbonyl (C=O) groups is 2. The van der Waals surface area contributed by atoms with Crippen LogP contribution in [0.2, 0.25) is 0 Å². The maximum atomic E-state index is 12.4. The zero-order chi connectivity index (χ0) is 17.5. The van der Waals surface area contributed by atoms with Crippen molar-refractivity contribution in [3.8, 4) is 5.75 Å². The number of morpholine rings is 1. The maximum absolute atomic E-state index is 12.4. The second-order valence-corrected chi connectivity index (χ2v) is 5.41. The van der Waals surface area contributed by atoms with Crippen LogP contribution in [0.1, 0.15) is 5.56 Å². The fourth-order valence-corrected chi connectivity index (χ4v) is 2.26. The van der Waals surface area contributed by atoms with Crippen molar-refractivity contribution < 1.29 is 28.9 Å². The summed E-state index contributed by atoms with van der Waals surface area (Å²) in [5.74, 6) is -0.533. The third-order valence-corrected chi connectivity index (χ3v) is 3.55. The van der Waals surface area contributed by atoms with E-state index in [2.05, 4.69) is 5.32 Å². The lowest BCUT2D eigenvalue weighted by Crippen LogP contribution is -2.49. The molecular weight excluding hydrogens is 316 g/mol. The molecule has 24 heavy (non-hydrogen) atoms. The van der Waals surface area contributed by atoms with Crippen LogP contribution >= 0.6 is 0 Å². The average Bonchev–Trinajstić information content (AvgIpc) is 2.57. The van der Waals surface area contributed by atoms with E-state index in [1.165, 1.54) is 4.90 Å². The van der Waals surface area contributed by atoms with Crippen molar-refractivity contribution in [1.82, 2.24) is 4.90 Å². The van der Waals surface area contributed by atoms with Crippen LogP contribution in [0, 0.1) is 6.92 Å². The van der Waals surface area contributed by atoms with Gasteiger partial charge in [0, 0.05) is 13.7 Å². The van der Waals surface area contributed by atoms with Gasteiger partial charge < -0.3 is 29.5 Å². The first-order chi connectivity index (χ1) is 11.5. The summed E-state index contributed by atoms with van der Waals surface area (Å²) in [7, 11) is 1.58. The number of anilines is 1. The fourth-order valence-electron chi connectivity index (χ4n) is 2.26. The number of carboxylic acid groups (broad SMARTS) is 1. The second-order valence-electron chi connectivity index (χ2n) is 5.41. The Labute approximate surface area is 140 Å². The summed E-state index contributed by atoms with van der Waals surface area (Å²) in [5.41, 5.74) is 1.53. The number of amides is 2. The number of ether oxygens (including phenoxy) is 3. The van der Waals surface area contributed by atoms with E-state index in [-0.39, 0.29) is 19.2 Å². The number of hydrogen-bond acceptors (Lipinski definition) is 5. The van der Waals surface area contributed by atoms with Crippen LogP contribution in [0.5, 0.6) is 5.75 Å². The number of methoxy groups -OCH3 is 1. The summed E-state index contributed by atoms with van der Waals surface area (Å²) >= 11 is 0. The van der Waals surface area contributed by atoms with Crippen molar-refractivity contribution in [3.05, 3.63) is 23.8 Å². The summed E-state index contributed by atoms with van der Waals surface area (Å²) in [4.78, 5) is 24.8. The van der Waals surface area contributed by atoms with Gasteiger partial charge >= 0.3 is 12.0 Å². The third kappa shape index (κ3) is 4.84. The lowest BCUT2D eigenvalue weighted by Gasteiger charge is -2.31. The number of carboxylic acids is 1. The minimum Gasteiger partial charge on any atom is -0.489 e. The van der Waals surface area contributed by atoms with Crippen molar-refractivity contribution in [2.75, 3.05) is 45.3 Å². The molecule has 0 aliphatic carbocycles. The number of urea groups is 1. The Kier molecular flexibility index (Phi) is 6.39. The number of aliphatic carboxylic acids is 1. The van der Waals surface area contributed by atoms with Crippen molar-refractivity contribution in [2.24, 2.45) is 0 Å². The van der Waals surface area contributed by atoms with Crippen molar-refractivity contribution in [3.63, 3.8) is 0 Å². The molecule has 1 aliphatic heterocycles. The van der Waals surface area contributed by atoms with E-state index in [0.717, 1.165) is 5.56 Å². The zero-order valence-corrected chi connectivity index (χ0v) is 13.8. The number of nitrogens with zero attached hydrogens (tertiary/aromatic N) is 1. The van der Waals surface area contributed by atoms with Gasteiger partial charge in [-0.15, -0.1) is 0 Å². The molecule has 8 heteroatoms. The van der Waals surface area contributed by atoms with E-state index < -0.39 is 12.1 Å². The predicted octanol–water partition coefficient (Wildman–Crippen LogP) is 1.34. The Morgan fingerprint density at radius 2 is 2.21 bits per heavy atom. The summed E-state index contributed by atoms with van der Waals surface area (Å²) in [5, 5.41) is 11.8. The zero-order valence-electron chi connectivity index (χ0n) is 13.8. The molecule has 1 aromatic carbocycles. The van der Waals surface area contributed by atoms with Crippen LogP contribution in [-0.4, -0.2) is 68.1 Å². The van der Waals surface area contributed by atoms with Crippen molar-refractivity contribution >= 4 is 17.7 Å². The molecule has 0 saturated carbocycles. The van der Waals surface area contributed by atoms with Gasteiger partial charge in [0.15, 0.2) is 6.10 Å². The monoisotopic (exact) mass is 338 g/mol. The third-order valence-electron chi connectivity index (χ3n) is 3.55. The SMILES string of the molecule is COCCOc1cc(C)ccc1NC(=O)N1CCOC(C(=O)O)C1. The number of aryl methyl sites for hydroxylation is 1. The molecule has 0 aromatic heterocycles. The summed E-state index contributed by atoms with van der Waals surface area (Å²) in [6.07, 6.45) is -1.00. The summed E-state index contributed by atoms with van der Waals surface area (Å²) < 4.78 is 15.7. The fraction of sp³-hybridized carbons (Fsp3) is 0.500. The van der Waals surface area contributed by atoms with Gasteiger partial charge in [0.1, 0.15) is 12.4 Å². The van der Waals surface area contributed by atoms with Gasteiger partial charge in [-0.25, -0.2) is 9.59 Å². The highest BCUT2D eigenvalue weighted by molar-refractivity contribution is 5.91. The van der Waals surface area contributed by atoms with E-state index in [9.17, 15) is 9.59 Å². The molecule has 8 nitrogen and oxygen atoms in total. The van der Waals surface area contributed by atoms with Gasteiger partial charge in [-0.1, -0.05) is 6.07 Å². The van der Waals surface area contributed by atoms with Crippen molar-refractivity contribution in [1.29, 1.82) is 0 Å². The van der Waals surface area contributed by atoms with E-state index in [0.29, 0.717) is 31.2 Å². The first-order valence-corrected chi connectivity index (χ1v) is 7.64. The normalized spacial score (nSPS) is 17.4. The van der Waals surface area contributed by atoms with E-state index in [1.807, 2.05) is 19.1 Å². The molecule has 2 N–H and O–H groups in total. The summed E-state index contributed by atoms with van der Waals surface area (Å²) in [6, 6.07) is 5.05. The smallest absolute Gasteiger partial charge is 0.334 e. The molecule has 1 aromatic rings. The van der Waals surface area contributed by atoms with E-state index in [4.69, 9.17) is 19.3 Å². The minimum atomic E-state index is -1.08. The number of hydrogen-bond donors (Lipinski definition) is 2. The first-order valence-electron chi connectivity index (χ1n) is 7.64. The second kappa shape index (κ2) is 8.51. The van der Waals surface area contributed by atoms with Crippen LogP contribution < -0.4 is 10.1 Å². The predicted molar refractivity (Wildman–Crippen MR) is 86.5 cm³/mol. The van der Waals surface area contributed by atoms with Gasteiger partial charge in [0.2, 0.25) is 0 Å². The van der Waals surface area contributed by atoms with Gasteiger partial charge in [-0.05, 0) is 24.6 Å². The number of benzene rings is 1. The van der Waals surface area contributed by atoms with Crippen LogP contribution in [-0.2, 0) is 14.3 Å². The van der Waals surface area contributed by atoms with Crippen LogP contribution in [0.4, 0.5) is 10.5 Å². The van der Waals surface area contributed by atoms with E-state index in [1.54, 1.807) is 13.2 Å². The van der Waals surface area contributed by atoms with Crippen LogP contribution in [0.3, 0.4) is 0 Å². The Morgan fingerprint density at radius 1 is 1.42 bits per heavy atom. The molecule has 1 aliphatic rings. The molecule has 1 atom stereocenters. The number of carbonyl (C=O) groups excluding carboxylic acids is 1. The quantitative estimate of drug-likeness (QED) is 0.760. The maximum Gasteiger partial charge on any atom is 0.334 e. The number of nitrogens with one attached hydrogen (secondary N) is 1. The molecule has 1 heterocycles.